The third kappa shape index (κ3) is 4.03. The van der Waals surface area contributed by atoms with Gasteiger partial charge in [0.25, 0.3) is 0 Å². The zero-order valence-corrected chi connectivity index (χ0v) is 9.99. The van der Waals surface area contributed by atoms with E-state index in [0.717, 1.165) is 12.8 Å². The molecule has 0 aromatic heterocycles. The Bertz CT molecular complexity index is 317. The summed E-state index contributed by atoms with van der Waals surface area (Å²) < 4.78 is 5.95. The van der Waals surface area contributed by atoms with Crippen LogP contribution in [0.5, 0.6) is 0 Å². The quantitative estimate of drug-likeness (QED) is 0.623. The number of rotatable bonds is 7. The molecule has 0 aliphatic heterocycles. The third-order valence-corrected chi connectivity index (χ3v) is 2.58. The lowest BCUT2D eigenvalue weighted by Crippen LogP contribution is -2.27. The Balaban J connectivity index is 2.56. The van der Waals surface area contributed by atoms with Gasteiger partial charge in [-0.25, -0.2) is 0 Å². The van der Waals surface area contributed by atoms with Crippen LogP contribution in [-0.4, -0.2) is 5.60 Å². The van der Waals surface area contributed by atoms with Crippen molar-refractivity contribution in [3.05, 3.63) is 61.2 Å². The largest absolute Gasteiger partial charge is 0.370 e. The highest BCUT2D eigenvalue weighted by molar-refractivity contribution is 5.13. The molecule has 0 N–H and O–H groups in total. The summed E-state index contributed by atoms with van der Waals surface area (Å²) >= 11 is 0. The first-order valence-electron chi connectivity index (χ1n) is 5.60. The predicted octanol–water partition coefficient (Wildman–Crippen LogP) is 4.11. The molecule has 1 aromatic carbocycles. The van der Waals surface area contributed by atoms with Crippen molar-refractivity contribution in [2.45, 2.75) is 32.0 Å². The van der Waals surface area contributed by atoms with Crippen molar-refractivity contribution in [2.75, 3.05) is 0 Å². The van der Waals surface area contributed by atoms with Gasteiger partial charge in [-0.15, -0.1) is 13.2 Å². The minimum Gasteiger partial charge on any atom is -0.370 e. The molecule has 0 spiro atoms. The van der Waals surface area contributed by atoms with Gasteiger partial charge in [-0.1, -0.05) is 42.5 Å². The Morgan fingerprint density at radius 2 is 1.69 bits per heavy atom. The minimum atomic E-state index is -0.181. The highest BCUT2D eigenvalue weighted by Gasteiger charge is 2.21. The van der Waals surface area contributed by atoms with E-state index in [1.54, 1.807) is 0 Å². The van der Waals surface area contributed by atoms with E-state index in [4.69, 9.17) is 4.74 Å². The number of ether oxygens (including phenoxy) is 1. The van der Waals surface area contributed by atoms with Crippen LogP contribution in [0.1, 0.15) is 25.3 Å². The van der Waals surface area contributed by atoms with Gasteiger partial charge in [0.1, 0.15) is 0 Å². The second kappa shape index (κ2) is 6.29. The minimum absolute atomic E-state index is 0.181. The van der Waals surface area contributed by atoms with Crippen LogP contribution in [-0.2, 0) is 11.3 Å². The highest BCUT2D eigenvalue weighted by Crippen LogP contribution is 2.22. The first-order valence-corrected chi connectivity index (χ1v) is 5.60. The molecule has 1 aromatic rings. The molecule has 16 heavy (non-hydrogen) atoms. The summed E-state index contributed by atoms with van der Waals surface area (Å²) in [7, 11) is 0. The number of benzene rings is 1. The van der Waals surface area contributed by atoms with Gasteiger partial charge in [0.2, 0.25) is 0 Å². The summed E-state index contributed by atoms with van der Waals surface area (Å²) in [5.74, 6) is 0. The predicted molar refractivity (Wildman–Crippen MR) is 69.3 cm³/mol. The number of hydrogen-bond acceptors (Lipinski definition) is 1. The summed E-state index contributed by atoms with van der Waals surface area (Å²) in [5.41, 5.74) is 1.01. The normalized spacial score (nSPS) is 11.1. The third-order valence-electron chi connectivity index (χ3n) is 2.58. The monoisotopic (exact) mass is 216 g/mol. The van der Waals surface area contributed by atoms with E-state index in [-0.39, 0.29) is 5.60 Å². The van der Waals surface area contributed by atoms with Crippen molar-refractivity contribution < 1.29 is 4.74 Å². The van der Waals surface area contributed by atoms with E-state index in [1.165, 1.54) is 5.56 Å². The van der Waals surface area contributed by atoms with E-state index in [9.17, 15) is 0 Å². The number of hydrogen-bond donors (Lipinski definition) is 0. The summed E-state index contributed by atoms with van der Waals surface area (Å²) in [6, 6.07) is 10.2. The Hall–Kier alpha value is -1.34. The van der Waals surface area contributed by atoms with Crippen LogP contribution in [0.2, 0.25) is 0 Å². The van der Waals surface area contributed by atoms with Gasteiger partial charge in [-0.2, -0.15) is 0 Å². The molecule has 0 bridgehead atoms. The smallest absolute Gasteiger partial charge is 0.0727 e. The zero-order chi connectivity index (χ0) is 11.9. The fourth-order valence-electron chi connectivity index (χ4n) is 1.64. The molecule has 86 valence electrons. The summed E-state index contributed by atoms with van der Waals surface area (Å²) in [5, 5.41) is 0. The van der Waals surface area contributed by atoms with Crippen LogP contribution < -0.4 is 0 Å². The first-order chi connectivity index (χ1) is 7.70. The van der Waals surface area contributed by atoms with Gasteiger partial charge >= 0.3 is 0 Å². The van der Waals surface area contributed by atoms with E-state index in [0.29, 0.717) is 6.61 Å². The molecule has 1 heteroatoms. The molecular weight excluding hydrogens is 196 g/mol. The van der Waals surface area contributed by atoms with E-state index in [2.05, 4.69) is 32.2 Å². The average molecular weight is 216 g/mol. The highest BCUT2D eigenvalue weighted by atomic mass is 16.5. The summed E-state index contributed by atoms with van der Waals surface area (Å²) in [4.78, 5) is 0. The van der Waals surface area contributed by atoms with Crippen LogP contribution in [0.25, 0.3) is 0 Å². The van der Waals surface area contributed by atoms with E-state index in [1.807, 2.05) is 30.4 Å². The second-order valence-electron chi connectivity index (χ2n) is 4.21. The molecule has 0 heterocycles. The lowest BCUT2D eigenvalue weighted by atomic mass is 9.98. The van der Waals surface area contributed by atoms with Crippen molar-refractivity contribution in [3.63, 3.8) is 0 Å². The Kier molecular flexibility index (Phi) is 5.00. The van der Waals surface area contributed by atoms with Crippen molar-refractivity contribution in [1.82, 2.24) is 0 Å². The van der Waals surface area contributed by atoms with E-state index >= 15 is 0 Å². The Morgan fingerprint density at radius 3 is 2.19 bits per heavy atom. The van der Waals surface area contributed by atoms with Crippen LogP contribution in [0.3, 0.4) is 0 Å². The lowest BCUT2D eigenvalue weighted by molar-refractivity contribution is -0.0386. The fraction of sp³-hybridized carbons (Fsp3) is 0.333. The van der Waals surface area contributed by atoms with Gasteiger partial charge in [-0.05, 0) is 25.3 Å². The second-order valence-corrected chi connectivity index (χ2v) is 4.21. The molecule has 0 amide bonds. The van der Waals surface area contributed by atoms with Crippen LogP contribution in [0.15, 0.2) is 55.6 Å². The molecular formula is C15H20O. The van der Waals surface area contributed by atoms with Gasteiger partial charge in [0.15, 0.2) is 0 Å². The van der Waals surface area contributed by atoms with Crippen LogP contribution >= 0.6 is 0 Å². The van der Waals surface area contributed by atoms with E-state index < -0.39 is 0 Å². The SMILES string of the molecule is C=CCC(C)(CC=C)OCc1ccccc1. The molecule has 0 aliphatic carbocycles. The molecule has 0 fully saturated rings. The summed E-state index contributed by atoms with van der Waals surface area (Å²) in [6.07, 6.45) is 5.47. The standard InChI is InChI=1S/C15H20O/c1-4-11-15(3,12-5-2)16-13-14-9-7-6-8-10-14/h4-10H,1-2,11-13H2,3H3. The van der Waals surface area contributed by atoms with Gasteiger partial charge in [0, 0.05) is 0 Å². The van der Waals surface area contributed by atoms with Crippen molar-refractivity contribution in [1.29, 1.82) is 0 Å². The van der Waals surface area contributed by atoms with Gasteiger partial charge in [0.05, 0.1) is 12.2 Å². The lowest BCUT2D eigenvalue weighted by Gasteiger charge is -2.27. The molecule has 0 unspecified atom stereocenters. The zero-order valence-electron chi connectivity index (χ0n) is 9.99. The molecule has 0 aliphatic rings. The van der Waals surface area contributed by atoms with Crippen LogP contribution in [0.4, 0.5) is 0 Å². The van der Waals surface area contributed by atoms with Gasteiger partial charge in [-0.3, -0.25) is 0 Å². The van der Waals surface area contributed by atoms with Crippen molar-refractivity contribution in [2.24, 2.45) is 0 Å². The maximum atomic E-state index is 5.95. The Morgan fingerprint density at radius 1 is 1.12 bits per heavy atom. The van der Waals surface area contributed by atoms with Crippen molar-refractivity contribution >= 4 is 0 Å². The topological polar surface area (TPSA) is 9.23 Å². The molecule has 1 rings (SSSR count). The molecule has 0 saturated heterocycles. The molecule has 0 radical (unpaired) electrons. The summed E-state index contributed by atoms with van der Waals surface area (Å²) in [6.45, 7) is 10.3. The van der Waals surface area contributed by atoms with Crippen LogP contribution in [0, 0.1) is 0 Å². The molecule has 0 atom stereocenters. The van der Waals surface area contributed by atoms with Gasteiger partial charge < -0.3 is 4.74 Å². The first kappa shape index (κ1) is 12.7. The maximum Gasteiger partial charge on any atom is 0.0727 e. The molecule has 1 nitrogen and oxygen atoms in total. The average Bonchev–Trinajstić information content (AvgIpc) is 2.29. The Labute approximate surface area is 98.5 Å². The van der Waals surface area contributed by atoms with Crippen molar-refractivity contribution in [3.8, 4) is 0 Å². The molecule has 0 saturated carbocycles. The maximum absolute atomic E-state index is 5.95. The fourth-order valence-corrected chi connectivity index (χ4v) is 1.64.